The number of fused-ring (bicyclic) bond motifs is 1. The van der Waals surface area contributed by atoms with Crippen molar-refractivity contribution in [3.63, 3.8) is 0 Å². The second kappa shape index (κ2) is 9.37. The molecule has 0 aromatic carbocycles. The molecule has 7 heteroatoms. The van der Waals surface area contributed by atoms with Crippen LogP contribution in [0.2, 0.25) is 0 Å². The van der Waals surface area contributed by atoms with Gasteiger partial charge in [0.2, 0.25) is 5.91 Å². The molecular formula is C22H33N5O2. The summed E-state index contributed by atoms with van der Waals surface area (Å²) in [6, 6.07) is 2.05. The van der Waals surface area contributed by atoms with Crippen molar-refractivity contribution >= 4 is 22.8 Å². The Hall–Kier alpha value is -2.44. The number of hydrogen-bond acceptors (Lipinski definition) is 4. The molecule has 2 aromatic rings. The van der Waals surface area contributed by atoms with Gasteiger partial charge in [-0.25, -0.2) is 9.67 Å². The first-order valence-corrected chi connectivity index (χ1v) is 10.8. The number of likely N-dealkylation sites (tertiary alicyclic amines) is 1. The molecule has 1 fully saturated rings. The molecule has 7 nitrogen and oxygen atoms in total. The molecule has 29 heavy (non-hydrogen) atoms. The van der Waals surface area contributed by atoms with Crippen molar-refractivity contribution in [3.8, 4) is 0 Å². The number of nitrogens with zero attached hydrogens (tertiary/aromatic N) is 4. The van der Waals surface area contributed by atoms with E-state index in [-0.39, 0.29) is 23.8 Å². The summed E-state index contributed by atoms with van der Waals surface area (Å²) in [4.78, 5) is 31.7. The SMILES string of the molecule is CC(C)c1cc(C(=O)NCCCN2CCCCCC2=O)c2cnn(C(C)C)c2n1. The number of carbonyl (C=O) groups excluding carboxylic acids is 2. The van der Waals surface area contributed by atoms with Crippen LogP contribution < -0.4 is 5.32 Å². The van der Waals surface area contributed by atoms with Crippen LogP contribution in [0.5, 0.6) is 0 Å². The van der Waals surface area contributed by atoms with E-state index in [1.54, 1.807) is 6.20 Å². The largest absolute Gasteiger partial charge is 0.352 e. The van der Waals surface area contributed by atoms with Gasteiger partial charge in [-0.3, -0.25) is 9.59 Å². The Morgan fingerprint density at radius 2 is 2.00 bits per heavy atom. The molecule has 3 heterocycles. The average molecular weight is 400 g/mol. The predicted octanol–water partition coefficient (Wildman–Crippen LogP) is 3.66. The van der Waals surface area contributed by atoms with Gasteiger partial charge in [0.15, 0.2) is 5.65 Å². The van der Waals surface area contributed by atoms with Crippen LogP contribution in [0, 0.1) is 0 Å². The highest BCUT2D eigenvalue weighted by molar-refractivity contribution is 6.05. The lowest BCUT2D eigenvalue weighted by atomic mass is 10.0. The third-order valence-corrected chi connectivity index (χ3v) is 5.47. The smallest absolute Gasteiger partial charge is 0.252 e. The fourth-order valence-electron chi connectivity index (χ4n) is 3.74. The molecule has 0 spiro atoms. The number of hydrogen-bond donors (Lipinski definition) is 1. The highest BCUT2D eigenvalue weighted by Gasteiger charge is 2.19. The molecule has 0 saturated carbocycles. The van der Waals surface area contributed by atoms with E-state index in [0.717, 1.165) is 49.0 Å². The Morgan fingerprint density at radius 1 is 1.21 bits per heavy atom. The molecule has 158 valence electrons. The van der Waals surface area contributed by atoms with Crippen molar-refractivity contribution in [1.82, 2.24) is 25.0 Å². The van der Waals surface area contributed by atoms with Crippen LogP contribution >= 0.6 is 0 Å². The van der Waals surface area contributed by atoms with Gasteiger partial charge in [-0.05, 0) is 45.1 Å². The summed E-state index contributed by atoms with van der Waals surface area (Å²) in [5, 5.41) is 8.25. The minimum absolute atomic E-state index is 0.107. The molecule has 1 aliphatic rings. The maximum Gasteiger partial charge on any atom is 0.252 e. The van der Waals surface area contributed by atoms with E-state index in [4.69, 9.17) is 4.98 Å². The molecular weight excluding hydrogens is 366 g/mol. The van der Waals surface area contributed by atoms with Crippen LogP contribution in [0.1, 0.15) is 87.8 Å². The molecule has 1 saturated heterocycles. The quantitative estimate of drug-likeness (QED) is 0.721. The molecule has 0 bridgehead atoms. The highest BCUT2D eigenvalue weighted by Crippen LogP contribution is 2.24. The summed E-state index contributed by atoms with van der Waals surface area (Å²) in [5.74, 6) is 0.354. The highest BCUT2D eigenvalue weighted by atomic mass is 16.2. The van der Waals surface area contributed by atoms with E-state index in [1.807, 2.05) is 15.6 Å². The van der Waals surface area contributed by atoms with E-state index >= 15 is 0 Å². The monoisotopic (exact) mass is 399 g/mol. The molecule has 0 radical (unpaired) electrons. The number of rotatable bonds is 7. The molecule has 0 unspecified atom stereocenters. The summed E-state index contributed by atoms with van der Waals surface area (Å²) >= 11 is 0. The van der Waals surface area contributed by atoms with Gasteiger partial charge >= 0.3 is 0 Å². The van der Waals surface area contributed by atoms with E-state index in [1.165, 1.54) is 0 Å². The van der Waals surface area contributed by atoms with Crippen molar-refractivity contribution < 1.29 is 9.59 Å². The summed E-state index contributed by atoms with van der Waals surface area (Å²) in [7, 11) is 0. The zero-order valence-electron chi connectivity index (χ0n) is 18.1. The van der Waals surface area contributed by atoms with Crippen molar-refractivity contribution in [2.75, 3.05) is 19.6 Å². The molecule has 2 aromatic heterocycles. The number of pyridine rings is 1. The first-order valence-electron chi connectivity index (χ1n) is 10.8. The van der Waals surface area contributed by atoms with Crippen LogP contribution in [-0.4, -0.2) is 51.1 Å². The van der Waals surface area contributed by atoms with Crippen LogP contribution in [0.25, 0.3) is 11.0 Å². The zero-order valence-corrected chi connectivity index (χ0v) is 18.1. The minimum Gasteiger partial charge on any atom is -0.352 e. The summed E-state index contributed by atoms with van der Waals surface area (Å²) < 4.78 is 1.86. The van der Waals surface area contributed by atoms with Gasteiger partial charge in [-0.2, -0.15) is 5.10 Å². The van der Waals surface area contributed by atoms with Crippen LogP contribution in [-0.2, 0) is 4.79 Å². The van der Waals surface area contributed by atoms with E-state index in [0.29, 0.717) is 25.1 Å². The molecule has 2 amide bonds. The lowest BCUT2D eigenvalue weighted by Crippen LogP contribution is -2.34. The van der Waals surface area contributed by atoms with E-state index < -0.39 is 0 Å². The minimum atomic E-state index is -0.107. The maximum atomic E-state index is 12.9. The Labute approximate surface area is 172 Å². The fourth-order valence-corrected chi connectivity index (χ4v) is 3.74. The van der Waals surface area contributed by atoms with Gasteiger partial charge in [0.1, 0.15) is 0 Å². The first-order chi connectivity index (χ1) is 13.9. The van der Waals surface area contributed by atoms with Crippen LogP contribution in [0.15, 0.2) is 12.3 Å². The molecule has 3 rings (SSSR count). The lowest BCUT2D eigenvalue weighted by Gasteiger charge is -2.20. The van der Waals surface area contributed by atoms with Crippen molar-refractivity contribution in [2.24, 2.45) is 0 Å². The predicted molar refractivity (Wildman–Crippen MR) is 114 cm³/mol. The maximum absolute atomic E-state index is 12.9. The Bertz CT molecular complexity index is 871. The van der Waals surface area contributed by atoms with Gasteiger partial charge < -0.3 is 10.2 Å². The topological polar surface area (TPSA) is 80.1 Å². The van der Waals surface area contributed by atoms with Crippen molar-refractivity contribution in [3.05, 3.63) is 23.5 Å². The van der Waals surface area contributed by atoms with Gasteiger partial charge in [-0.15, -0.1) is 0 Å². The third-order valence-electron chi connectivity index (χ3n) is 5.47. The Morgan fingerprint density at radius 3 is 2.72 bits per heavy atom. The molecule has 0 atom stereocenters. The Balaban J connectivity index is 1.69. The van der Waals surface area contributed by atoms with Crippen molar-refractivity contribution in [1.29, 1.82) is 0 Å². The number of carbonyl (C=O) groups is 2. The van der Waals surface area contributed by atoms with Gasteiger partial charge in [-0.1, -0.05) is 20.3 Å². The number of amides is 2. The van der Waals surface area contributed by atoms with Gasteiger partial charge in [0.25, 0.3) is 5.91 Å². The van der Waals surface area contributed by atoms with Gasteiger partial charge in [0, 0.05) is 37.8 Å². The fraction of sp³-hybridized carbons (Fsp3) is 0.636. The summed E-state index contributed by atoms with van der Waals surface area (Å²) in [6.45, 7) is 10.3. The second-order valence-electron chi connectivity index (χ2n) is 8.47. The van der Waals surface area contributed by atoms with Crippen molar-refractivity contribution in [2.45, 2.75) is 71.8 Å². The summed E-state index contributed by atoms with van der Waals surface area (Å²) in [6.07, 6.45) is 6.33. The van der Waals surface area contributed by atoms with Gasteiger partial charge in [0.05, 0.1) is 17.1 Å². The molecule has 1 aliphatic heterocycles. The lowest BCUT2D eigenvalue weighted by molar-refractivity contribution is -0.130. The average Bonchev–Trinajstić information content (AvgIpc) is 3.01. The zero-order chi connectivity index (χ0) is 21.0. The standard InChI is InChI=1S/C22H33N5O2/c1-15(2)19-13-17(18-14-24-27(16(3)4)21(18)25-19)22(29)23-10-8-12-26-11-7-5-6-9-20(26)28/h13-16H,5-12H2,1-4H3,(H,23,29). The Kier molecular flexibility index (Phi) is 6.87. The molecule has 0 aliphatic carbocycles. The second-order valence-corrected chi connectivity index (χ2v) is 8.47. The van der Waals surface area contributed by atoms with E-state index in [2.05, 4.69) is 38.1 Å². The third kappa shape index (κ3) is 4.95. The number of aromatic nitrogens is 3. The first kappa shape index (κ1) is 21.3. The van der Waals surface area contributed by atoms with E-state index in [9.17, 15) is 9.59 Å². The van der Waals surface area contributed by atoms with Crippen LogP contribution in [0.3, 0.4) is 0 Å². The van der Waals surface area contributed by atoms with Crippen LogP contribution in [0.4, 0.5) is 0 Å². The molecule has 1 N–H and O–H groups in total. The summed E-state index contributed by atoms with van der Waals surface area (Å²) in [5.41, 5.74) is 2.27. The normalized spacial score (nSPS) is 15.4. The number of nitrogens with one attached hydrogen (secondary N) is 1.